The van der Waals surface area contributed by atoms with Gasteiger partial charge in [0.15, 0.2) is 6.61 Å². The molecule has 0 aliphatic carbocycles. The molecule has 2 aromatic rings. The highest BCUT2D eigenvalue weighted by Gasteiger charge is 2.13. The van der Waals surface area contributed by atoms with Crippen LogP contribution in [-0.2, 0) is 16.6 Å². The summed E-state index contributed by atoms with van der Waals surface area (Å²) in [5.41, 5.74) is 0. The molecular weight excluding hydrogens is 374 g/mol. The van der Waals surface area contributed by atoms with Crippen LogP contribution in [0.3, 0.4) is 0 Å². The lowest BCUT2D eigenvalue weighted by atomic mass is 10.3. The zero-order valence-electron chi connectivity index (χ0n) is 13.3. The van der Waals surface area contributed by atoms with Crippen LogP contribution in [0, 0.1) is 0 Å². The normalized spacial score (nSPS) is 11.8. The highest BCUT2D eigenvalue weighted by Crippen LogP contribution is 2.20. The van der Waals surface area contributed by atoms with Crippen molar-refractivity contribution in [2.45, 2.75) is 18.3 Å². The lowest BCUT2D eigenvalue weighted by molar-refractivity contribution is 0.252. The summed E-state index contributed by atoms with van der Waals surface area (Å²) in [7, 11) is -0.123. The van der Waals surface area contributed by atoms with Crippen LogP contribution in [0.5, 0.6) is 5.75 Å². The SMILES string of the molecule is CN(C)S(=O)(=O)CCCSc1nnc(COc2ccc(Cl)cc2)o1. The molecule has 0 saturated heterocycles. The summed E-state index contributed by atoms with van der Waals surface area (Å²) < 4.78 is 35.4. The van der Waals surface area contributed by atoms with E-state index >= 15 is 0 Å². The standard InChI is InChI=1S/C14H18ClN3O4S2/c1-18(2)24(19,20)9-3-8-23-14-17-16-13(22-14)10-21-12-6-4-11(15)5-7-12/h4-7H,3,8-10H2,1-2H3. The third-order valence-electron chi connectivity index (χ3n) is 2.95. The largest absolute Gasteiger partial charge is 0.484 e. The fraction of sp³-hybridized carbons (Fsp3) is 0.429. The average molecular weight is 392 g/mol. The van der Waals surface area contributed by atoms with Crippen molar-refractivity contribution in [2.24, 2.45) is 0 Å². The molecule has 0 aliphatic rings. The Morgan fingerprint density at radius 1 is 1.25 bits per heavy atom. The van der Waals surface area contributed by atoms with E-state index in [0.29, 0.717) is 34.1 Å². The molecule has 132 valence electrons. The maximum atomic E-state index is 11.6. The van der Waals surface area contributed by atoms with E-state index in [1.54, 1.807) is 24.3 Å². The summed E-state index contributed by atoms with van der Waals surface area (Å²) in [6.07, 6.45) is 0.504. The monoisotopic (exact) mass is 391 g/mol. The van der Waals surface area contributed by atoms with Gasteiger partial charge >= 0.3 is 0 Å². The third-order valence-corrected chi connectivity index (χ3v) is 6.03. The number of benzene rings is 1. The zero-order valence-corrected chi connectivity index (χ0v) is 15.7. The Bertz CT molecular complexity index is 748. The first-order valence-electron chi connectivity index (χ1n) is 7.10. The van der Waals surface area contributed by atoms with E-state index in [1.165, 1.54) is 30.2 Å². The maximum Gasteiger partial charge on any atom is 0.276 e. The van der Waals surface area contributed by atoms with Gasteiger partial charge < -0.3 is 9.15 Å². The molecule has 0 amide bonds. The molecule has 0 atom stereocenters. The summed E-state index contributed by atoms with van der Waals surface area (Å²) in [5.74, 6) is 1.68. The van der Waals surface area contributed by atoms with Gasteiger partial charge in [0.05, 0.1) is 5.75 Å². The third kappa shape index (κ3) is 5.97. The minimum atomic E-state index is -3.17. The molecular formula is C14H18ClN3O4S2. The zero-order chi connectivity index (χ0) is 17.6. The maximum absolute atomic E-state index is 11.6. The van der Waals surface area contributed by atoms with Gasteiger partial charge in [-0.3, -0.25) is 0 Å². The number of rotatable bonds is 9. The molecule has 0 spiro atoms. The van der Waals surface area contributed by atoms with Gasteiger partial charge in [0.25, 0.3) is 11.1 Å². The van der Waals surface area contributed by atoms with Crippen LogP contribution < -0.4 is 4.74 Å². The molecule has 10 heteroatoms. The molecule has 0 unspecified atom stereocenters. The quantitative estimate of drug-likeness (QED) is 0.479. The van der Waals surface area contributed by atoms with Gasteiger partial charge in [0.1, 0.15) is 5.75 Å². The molecule has 1 aromatic carbocycles. The molecule has 1 aromatic heterocycles. The summed E-state index contributed by atoms with van der Waals surface area (Å²) in [5, 5.41) is 8.82. The van der Waals surface area contributed by atoms with Crippen molar-refractivity contribution in [3.8, 4) is 5.75 Å². The van der Waals surface area contributed by atoms with Crippen molar-refractivity contribution < 1.29 is 17.6 Å². The topological polar surface area (TPSA) is 85.5 Å². The summed E-state index contributed by atoms with van der Waals surface area (Å²) >= 11 is 7.12. The predicted octanol–water partition coefficient (Wildman–Crippen LogP) is 2.68. The van der Waals surface area contributed by atoms with E-state index in [4.69, 9.17) is 20.8 Å². The Labute approximate surface area is 150 Å². The van der Waals surface area contributed by atoms with E-state index < -0.39 is 10.0 Å². The lowest BCUT2D eigenvalue weighted by Gasteiger charge is -2.09. The van der Waals surface area contributed by atoms with E-state index in [9.17, 15) is 8.42 Å². The number of nitrogens with zero attached hydrogens (tertiary/aromatic N) is 3. The minimum Gasteiger partial charge on any atom is -0.484 e. The molecule has 0 radical (unpaired) electrons. The summed E-state index contributed by atoms with van der Waals surface area (Å²) in [4.78, 5) is 0. The fourth-order valence-electron chi connectivity index (χ4n) is 1.61. The van der Waals surface area contributed by atoms with Gasteiger partial charge in [-0.1, -0.05) is 23.4 Å². The van der Waals surface area contributed by atoms with Gasteiger partial charge in [-0.05, 0) is 30.7 Å². The number of ether oxygens (including phenoxy) is 1. The van der Waals surface area contributed by atoms with Gasteiger partial charge in [-0.15, -0.1) is 10.2 Å². The Kier molecular flexibility index (Phi) is 6.90. The van der Waals surface area contributed by atoms with Crippen molar-refractivity contribution >= 4 is 33.4 Å². The first-order chi connectivity index (χ1) is 11.4. The second kappa shape index (κ2) is 8.70. The Morgan fingerprint density at radius 2 is 1.96 bits per heavy atom. The van der Waals surface area contributed by atoms with Crippen LogP contribution in [-0.4, -0.2) is 48.5 Å². The second-order valence-electron chi connectivity index (χ2n) is 5.00. The molecule has 24 heavy (non-hydrogen) atoms. The van der Waals surface area contributed by atoms with Crippen molar-refractivity contribution in [3.05, 3.63) is 35.2 Å². The summed E-state index contributed by atoms with van der Waals surface area (Å²) in [6, 6.07) is 6.96. The molecule has 0 bridgehead atoms. The number of thioether (sulfide) groups is 1. The Balaban J connectivity index is 1.74. The van der Waals surface area contributed by atoms with E-state index in [-0.39, 0.29) is 12.4 Å². The average Bonchev–Trinajstić information content (AvgIpc) is 2.99. The van der Waals surface area contributed by atoms with Gasteiger partial charge in [0.2, 0.25) is 10.0 Å². The van der Waals surface area contributed by atoms with Crippen molar-refractivity contribution in [1.82, 2.24) is 14.5 Å². The number of hydrogen-bond donors (Lipinski definition) is 0. The highest BCUT2D eigenvalue weighted by atomic mass is 35.5. The lowest BCUT2D eigenvalue weighted by Crippen LogP contribution is -2.25. The van der Waals surface area contributed by atoms with Crippen molar-refractivity contribution in [1.29, 1.82) is 0 Å². The molecule has 7 nitrogen and oxygen atoms in total. The first kappa shape index (κ1) is 19.0. The first-order valence-corrected chi connectivity index (χ1v) is 10.1. The summed E-state index contributed by atoms with van der Waals surface area (Å²) in [6.45, 7) is 0.157. The smallest absolute Gasteiger partial charge is 0.276 e. The van der Waals surface area contributed by atoms with Crippen LogP contribution in [0.15, 0.2) is 33.9 Å². The van der Waals surface area contributed by atoms with Crippen LogP contribution >= 0.6 is 23.4 Å². The predicted molar refractivity (Wildman–Crippen MR) is 92.9 cm³/mol. The molecule has 0 N–H and O–H groups in total. The van der Waals surface area contributed by atoms with E-state index in [0.717, 1.165) is 0 Å². The van der Waals surface area contributed by atoms with E-state index in [1.807, 2.05) is 0 Å². The number of hydrogen-bond acceptors (Lipinski definition) is 7. The van der Waals surface area contributed by atoms with Gasteiger partial charge in [-0.25, -0.2) is 12.7 Å². The number of halogens is 1. The van der Waals surface area contributed by atoms with Crippen molar-refractivity contribution in [2.75, 3.05) is 25.6 Å². The minimum absolute atomic E-state index is 0.0909. The second-order valence-corrected chi connectivity index (χ2v) is 8.79. The highest BCUT2D eigenvalue weighted by molar-refractivity contribution is 7.99. The molecule has 0 fully saturated rings. The Hall–Kier alpha value is -1.29. The van der Waals surface area contributed by atoms with Crippen LogP contribution in [0.2, 0.25) is 5.02 Å². The molecule has 0 saturated carbocycles. The van der Waals surface area contributed by atoms with Gasteiger partial charge in [-0.2, -0.15) is 0 Å². The molecule has 0 aliphatic heterocycles. The van der Waals surface area contributed by atoms with Crippen LogP contribution in [0.25, 0.3) is 0 Å². The Morgan fingerprint density at radius 3 is 2.62 bits per heavy atom. The van der Waals surface area contributed by atoms with Gasteiger partial charge in [0, 0.05) is 24.9 Å². The number of sulfonamides is 1. The van der Waals surface area contributed by atoms with Crippen molar-refractivity contribution in [3.63, 3.8) is 0 Å². The fourth-order valence-corrected chi connectivity index (χ4v) is 3.51. The molecule has 1 heterocycles. The number of aromatic nitrogens is 2. The van der Waals surface area contributed by atoms with Crippen LogP contribution in [0.1, 0.15) is 12.3 Å². The molecule has 2 rings (SSSR count). The van der Waals surface area contributed by atoms with Crippen LogP contribution in [0.4, 0.5) is 0 Å². The van der Waals surface area contributed by atoms with E-state index in [2.05, 4.69) is 10.2 Å².